The SMILES string of the molecule is CC(=O)N[C@@H](C(=O)N[C@H](CC[S@](=O)c1ccccc1)C(N)=O)C(C)C. The van der Waals surface area contributed by atoms with E-state index in [9.17, 15) is 18.6 Å². The summed E-state index contributed by atoms with van der Waals surface area (Å²) in [5.74, 6) is -1.50. The van der Waals surface area contributed by atoms with Crippen LogP contribution in [0.15, 0.2) is 35.2 Å². The van der Waals surface area contributed by atoms with Crippen molar-refractivity contribution >= 4 is 28.5 Å². The first-order chi connectivity index (χ1) is 11.7. The number of hydrogen-bond donors (Lipinski definition) is 3. The van der Waals surface area contributed by atoms with Crippen molar-refractivity contribution in [3.8, 4) is 0 Å². The Morgan fingerprint density at radius 1 is 1.12 bits per heavy atom. The highest BCUT2D eigenvalue weighted by Gasteiger charge is 2.27. The van der Waals surface area contributed by atoms with Crippen LogP contribution in [0.5, 0.6) is 0 Å². The molecule has 0 saturated carbocycles. The third-order valence-electron chi connectivity index (χ3n) is 3.57. The second-order valence-electron chi connectivity index (χ2n) is 6.04. The van der Waals surface area contributed by atoms with E-state index in [1.807, 2.05) is 6.07 Å². The molecule has 1 aromatic rings. The van der Waals surface area contributed by atoms with Crippen LogP contribution in [0.3, 0.4) is 0 Å². The van der Waals surface area contributed by atoms with E-state index in [0.29, 0.717) is 4.90 Å². The van der Waals surface area contributed by atoms with Gasteiger partial charge < -0.3 is 16.4 Å². The highest BCUT2D eigenvalue weighted by molar-refractivity contribution is 7.85. The van der Waals surface area contributed by atoms with Crippen LogP contribution in [-0.4, -0.2) is 39.8 Å². The molecule has 3 atom stereocenters. The van der Waals surface area contributed by atoms with E-state index < -0.39 is 34.7 Å². The van der Waals surface area contributed by atoms with Crippen molar-refractivity contribution in [3.63, 3.8) is 0 Å². The molecule has 0 unspecified atom stereocenters. The molecule has 3 amide bonds. The molecule has 0 bridgehead atoms. The molecule has 8 heteroatoms. The minimum atomic E-state index is -1.29. The van der Waals surface area contributed by atoms with Crippen LogP contribution in [0.25, 0.3) is 0 Å². The number of nitrogens with two attached hydrogens (primary N) is 1. The number of rotatable bonds is 9. The predicted molar refractivity (Wildman–Crippen MR) is 95.9 cm³/mol. The van der Waals surface area contributed by atoms with E-state index in [4.69, 9.17) is 5.73 Å². The highest BCUT2D eigenvalue weighted by atomic mass is 32.2. The fourth-order valence-corrected chi connectivity index (χ4v) is 3.36. The summed E-state index contributed by atoms with van der Waals surface area (Å²) in [7, 11) is -1.29. The maximum absolute atomic E-state index is 12.3. The fraction of sp³-hybridized carbons (Fsp3) is 0.471. The summed E-state index contributed by atoms with van der Waals surface area (Å²) in [6, 6.07) is 7.14. The van der Waals surface area contributed by atoms with Crippen LogP contribution in [0, 0.1) is 5.92 Å². The van der Waals surface area contributed by atoms with E-state index >= 15 is 0 Å². The van der Waals surface area contributed by atoms with Crippen molar-refractivity contribution in [1.29, 1.82) is 0 Å². The van der Waals surface area contributed by atoms with Crippen LogP contribution < -0.4 is 16.4 Å². The van der Waals surface area contributed by atoms with Crippen LogP contribution in [0.2, 0.25) is 0 Å². The minimum absolute atomic E-state index is 0.146. The maximum Gasteiger partial charge on any atom is 0.243 e. The molecule has 0 spiro atoms. The third-order valence-corrected chi connectivity index (χ3v) is 4.97. The lowest BCUT2D eigenvalue weighted by Gasteiger charge is -2.23. The molecule has 0 fully saturated rings. The summed E-state index contributed by atoms with van der Waals surface area (Å²) in [6.45, 7) is 4.88. The second kappa shape index (κ2) is 9.93. The first-order valence-corrected chi connectivity index (χ1v) is 9.34. The number of benzene rings is 1. The molecule has 7 nitrogen and oxygen atoms in total. The van der Waals surface area contributed by atoms with E-state index in [1.54, 1.807) is 38.1 Å². The lowest BCUT2D eigenvalue weighted by atomic mass is 10.0. The zero-order chi connectivity index (χ0) is 19.0. The molecule has 0 aromatic heterocycles. The van der Waals surface area contributed by atoms with Gasteiger partial charge in [0, 0.05) is 17.6 Å². The number of nitrogens with one attached hydrogen (secondary N) is 2. The van der Waals surface area contributed by atoms with Gasteiger partial charge >= 0.3 is 0 Å². The van der Waals surface area contributed by atoms with Gasteiger partial charge in [-0.05, 0) is 24.5 Å². The Morgan fingerprint density at radius 3 is 2.20 bits per heavy atom. The lowest BCUT2D eigenvalue weighted by molar-refractivity contribution is -0.131. The molecule has 0 heterocycles. The van der Waals surface area contributed by atoms with Crippen LogP contribution in [-0.2, 0) is 25.2 Å². The first-order valence-electron chi connectivity index (χ1n) is 8.02. The molecule has 4 N–H and O–H groups in total. The molecule has 1 aromatic carbocycles. The quantitative estimate of drug-likeness (QED) is 0.582. The van der Waals surface area contributed by atoms with Gasteiger partial charge in [-0.1, -0.05) is 32.0 Å². The number of carbonyl (C=O) groups excluding carboxylic acids is 3. The molecule has 0 saturated heterocycles. The Hall–Kier alpha value is -2.22. The second-order valence-corrected chi connectivity index (χ2v) is 7.61. The third kappa shape index (κ3) is 7.04. The summed E-state index contributed by atoms with van der Waals surface area (Å²) in [5.41, 5.74) is 5.35. The average molecular weight is 367 g/mol. The van der Waals surface area contributed by atoms with Crippen LogP contribution in [0.1, 0.15) is 27.2 Å². The van der Waals surface area contributed by atoms with Gasteiger partial charge in [0.2, 0.25) is 17.7 Å². The molecule has 0 aliphatic carbocycles. The topological polar surface area (TPSA) is 118 Å². The summed E-state index contributed by atoms with van der Waals surface area (Å²) >= 11 is 0. The zero-order valence-corrected chi connectivity index (χ0v) is 15.5. The Balaban J connectivity index is 2.70. The Bertz CT molecular complexity index is 634. The van der Waals surface area contributed by atoms with Gasteiger partial charge in [0.15, 0.2) is 0 Å². The van der Waals surface area contributed by atoms with Gasteiger partial charge in [0.25, 0.3) is 0 Å². The van der Waals surface area contributed by atoms with Crippen molar-refractivity contribution in [3.05, 3.63) is 30.3 Å². The largest absolute Gasteiger partial charge is 0.368 e. The number of hydrogen-bond acceptors (Lipinski definition) is 4. The highest BCUT2D eigenvalue weighted by Crippen LogP contribution is 2.09. The number of primary amides is 1. The molecule has 1 rings (SSSR count). The molecule has 0 aliphatic heterocycles. The molecule has 0 radical (unpaired) electrons. The van der Waals surface area contributed by atoms with Crippen LogP contribution in [0.4, 0.5) is 0 Å². The van der Waals surface area contributed by atoms with Gasteiger partial charge in [-0.2, -0.15) is 0 Å². The monoisotopic (exact) mass is 367 g/mol. The van der Waals surface area contributed by atoms with Gasteiger partial charge in [-0.3, -0.25) is 18.6 Å². The molecular formula is C17H25N3O4S. The number of amides is 3. The molecule has 25 heavy (non-hydrogen) atoms. The van der Waals surface area contributed by atoms with Gasteiger partial charge in [0.05, 0.1) is 10.8 Å². The Labute approximate surface area is 150 Å². The van der Waals surface area contributed by atoms with Crippen molar-refractivity contribution in [1.82, 2.24) is 10.6 Å². The van der Waals surface area contributed by atoms with Crippen molar-refractivity contribution < 1.29 is 18.6 Å². The summed E-state index contributed by atoms with van der Waals surface area (Å²) in [5, 5.41) is 5.10. The minimum Gasteiger partial charge on any atom is -0.368 e. The molecule has 0 aliphatic rings. The van der Waals surface area contributed by atoms with E-state index in [2.05, 4.69) is 10.6 Å². The maximum atomic E-state index is 12.3. The average Bonchev–Trinajstić information content (AvgIpc) is 2.56. The standard InChI is InChI=1S/C17H25N3O4S/c1-11(2)15(19-12(3)21)17(23)20-14(16(18)22)9-10-25(24)13-7-5-4-6-8-13/h4-8,11,14-15H,9-10H2,1-3H3,(H2,18,22)(H,19,21)(H,20,23)/t14-,15-,25+/m1/s1. The van der Waals surface area contributed by atoms with Crippen molar-refractivity contribution in [2.75, 3.05) is 5.75 Å². The predicted octanol–water partition coefficient (Wildman–Crippen LogP) is 0.315. The van der Waals surface area contributed by atoms with Crippen molar-refractivity contribution in [2.45, 2.75) is 44.2 Å². The van der Waals surface area contributed by atoms with Gasteiger partial charge in [-0.15, -0.1) is 0 Å². The zero-order valence-electron chi connectivity index (χ0n) is 14.7. The first kappa shape index (κ1) is 20.8. The van der Waals surface area contributed by atoms with E-state index in [1.165, 1.54) is 6.92 Å². The summed E-state index contributed by atoms with van der Waals surface area (Å²) < 4.78 is 12.2. The Morgan fingerprint density at radius 2 is 1.72 bits per heavy atom. The summed E-state index contributed by atoms with van der Waals surface area (Å²) in [4.78, 5) is 35.8. The lowest BCUT2D eigenvalue weighted by Crippen LogP contribution is -2.54. The number of carbonyl (C=O) groups is 3. The summed E-state index contributed by atoms with van der Waals surface area (Å²) in [6.07, 6.45) is 0.146. The fourth-order valence-electron chi connectivity index (χ4n) is 2.22. The Kier molecular flexibility index (Phi) is 8.27. The van der Waals surface area contributed by atoms with E-state index in [0.717, 1.165) is 0 Å². The molecular weight excluding hydrogens is 342 g/mol. The smallest absolute Gasteiger partial charge is 0.243 e. The van der Waals surface area contributed by atoms with Gasteiger partial charge in [0.1, 0.15) is 12.1 Å². The van der Waals surface area contributed by atoms with Crippen molar-refractivity contribution in [2.24, 2.45) is 11.7 Å². The van der Waals surface area contributed by atoms with E-state index in [-0.39, 0.29) is 24.0 Å². The van der Waals surface area contributed by atoms with Crippen LogP contribution >= 0.6 is 0 Å². The van der Waals surface area contributed by atoms with Gasteiger partial charge in [-0.25, -0.2) is 0 Å². The normalized spacial score (nSPS) is 14.4. The molecule has 138 valence electrons.